The first-order chi connectivity index (χ1) is 10.7. The fourth-order valence-corrected chi connectivity index (χ4v) is 1.71. The van der Waals surface area contributed by atoms with Crippen molar-refractivity contribution in [2.45, 2.75) is 33.1 Å². The number of rotatable bonds is 5. The van der Waals surface area contributed by atoms with E-state index < -0.39 is 6.16 Å². The highest BCUT2D eigenvalue weighted by atomic mass is 16.7. The standard InChI is InChI=1S/C19H24O4/c1-6-7-8-9-14(2)13-22-18(21)23-17-11-10-15(12-16(17)20)19(3,4)5/h6-12,20H,1,13H2,2-5H3/b8-7-,14-9+. The molecule has 0 aromatic heterocycles. The molecule has 0 unspecified atom stereocenters. The van der Waals surface area contributed by atoms with Crippen LogP contribution in [0.4, 0.5) is 4.79 Å². The third kappa shape index (κ3) is 6.43. The first-order valence-corrected chi connectivity index (χ1v) is 7.37. The van der Waals surface area contributed by atoms with Gasteiger partial charge in [0.15, 0.2) is 11.5 Å². The lowest BCUT2D eigenvalue weighted by atomic mass is 9.87. The summed E-state index contributed by atoms with van der Waals surface area (Å²) in [4.78, 5) is 11.7. The molecular formula is C19H24O4. The molecule has 1 aromatic carbocycles. The number of allylic oxidation sites excluding steroid dienone is 4. The van der Waals surface area contributed by atoms with Gasteiger partial charge in [0.05, 0.1) is 0 Å². The van der Waals surface area contributed by atoms with Crippen molar-refractivity contribution >= 4 is 6.16 Å². The van der Waals surface area contributed by atoms with E-state index in [1.165, 1.54) is 0 Å². The molecule has 0 saturated heterocycles. The van der Waals surface area contributed by atoms with Crippen LogP contribution in [0.1, 0.15) is 33.3 Å². The topological polar surface area (TPSA) is 55.8 Å². The summed E-state index contributed by atoms with van der Waals surface area (Å²) in [6.07, 6.45) is 6.18. The predicted molar refractivity (Wildman–Crippen MR) is 91.9 cm³/mol. The molecule has 1 aromatic rings. The van der Waals surface area contributed by atoms with Gasteiger partial charge in [-0.2, -0.15) is 0 Å². The van der Waals surface area contributed by atoms with Crippen molar-refractivity contribution in [1.29, 1.82) is 0 Å². The number of carbonyl (C=O) groups excluding carboxylic acids is 1. The van der Waals surface area contributed by atoms with Crippen LogP contribution >= 0.6 is 0 Å². The van der Waals surface area contributed by atoms with Crippen molar-refractivity contribution < 1.29 is 19.4 Å². The molecule has 0 aliphatic rings. The van der Waals surface area contributed by atoms with E-state index in [2.05, 4.69) is 6.58 Å². The molecule has 0 saturated carbocycles. The number of benzene rings is 1. The minimum Gasteiger partial charge on any atom is -0.504 e. The molecule has 4 heteroatoms. The summed E-state index contributed by atoms with van der Waals surface area (Å²) in [6, 6.07) is 4.97. The van der Waals surface area contributed by atoms with E-state index in [1.54, 1.807) is 30.4 Å². The first-order valence-electron chi connectivity index (χ1n) is 7.37. The number of aromatic hydroxyl groups is 1. The van der Waals surface area contributed by atoms with E-state index >= 15 is 0 Å². The average molecular weight is 316 g/mol. The number of hydrogen-bond donors (Lipinski definition) is 1. The van der Waals surface area contributed by atoms with E-state index in [1.807, 2.05) is 39.8 Å². The lowest BCUT2D eigenvalue weighted by molar-refractivity contribution is 0.106. The highest BCUT2D eigenvalue weighted by Crippen LogP contribution is 2.32. The molecule has 0 fully saturated rings. The monoisotopic (exact) mass is 316 g/mol. The fraction of sp³-hybridized carbons (Fsp3) is 0.316. The zero-order valence-corrected chi connectivity index (χ0v) is 14.1. The Morgan fingerprint density at radius 3 is 2.57 bits per heavy atom. The maximum Gasteiger partial charge on any atom is 0.514 e. The van der Waals surface area contributed by atoms with Crippen LogP contribution in [-0.4, -0.2) is 17.9 Å². The molecule has 1 N–H and O–H groups in total. The van der Waals surface area contributed by atoms with Gasteiger partial charge in [0.2, 0.25) is 0 Å². The van der Waals surface area contributed by atoms with Crippen LogP contribution < -0.4 is 4.74 Å². The molecular weight excluding hydrogens is 292 g/mol. The quantitative estimate of drug-likeness (QED) is 0.477. The number of phenolic OH excluding ortho intramolecular Hbond substituents is 1. The summed E-state index contributed by atoms with van der Waals surface area (Å²) in [5.74, 6) is -0.00765. The van der Waals surface area contributed by atoms with Gasteiger partial charge >= 0.3 is 6.16 Å². The molecule has 23 heavy (non-hydrogen) atoms. The van der Waals surface area contributed by atoms with Crippen molar-refractivity contribution in [3.63, 3.8) is 0 Å². The van der Waals surface area contributed by atoms with Crippen LogP contribution in [0.15, 0.2) is 54.7 Å². The number of ether oxygens (including phenoxy) is 2. The summed E-state index contributed by atoms with van der Waals surface area (Å²) < 4.78 is 10.0. The average Bonchev–Trinajstić information content (AvgIpc) is 2.46. The van der Waals surface area contributed by atoms with Crippen molar-refractivity contribution in [3.05, 3.63) is 60.2 Å². The Kier molecular flexibility index (Phi) is 6.64. The normalized spacial score (nSPS) is 12.3. The SMILES string of the molecule is C=C/C=C\C=C(/C)COC(=O)Oc1ccc(C(C)(C)C)cc1O. The van der Waals surface area contributed by atoms with Crippen LogP contribution in [0.3, 0.4) is 0 Å². The molecule has 4 nitrogen and oxygen atoms in total. The summed E-state index contributed by atoms with van der Waals surface area (Å²) in [7, 11) is 0. The van der Waals surface area contributed by atoms with Crippen LogP contribution in [-0.2, 0) is 10.2 Å². The third-order valence-corrected chi connectivity index (χ3v) is 3.06. The smallest absolute Gasteiger partial charge is 0.504 e. The molecule has 1 rings (SSSR count). The van der Waals surface area contributed by atoms with Crippen LogP contribution in [0.5, 0.6) is 11.5 Å². The maximum atomic E-state index is 11.7. The molecule has 0 aliphatic heterocycles. The van der Waals surface area contributed by atoms with Gasteiger partial charge in [-0.3, -0.25) is 0 Å². The largest absolute Gasteiger partial charge is 0.514 e. The minimum absolute atomic E-state index is 0.0798. The second-order valence-electron chi connectivity index (χ2n) is 6.21. The summed E-state index contributed by atoms with van der Waals surface area (Å²) >= 11 is 0. The first kappa shape index (κ1) is 18.6. The van der Waals surface area contributed by atoms with Gasteiger partial charge in [-0.1, -0.05) is 57.7 Å². The molecule has 0 amide bonds. The zero-order chi connectivity index (χ0) is 17.5. The summed E-state index contributed by atoms with van der Waals surface area (Å²) in [5, 5.41) is 9.96. The van der Waals surface area contributed by atoms with E-state index in [4.69, 9.17) is 9.47 Å². The Bertz CT molecular complexity index is 619. The van der Waals surface area contributed by atoms with Gasteiger partial charge in [0.25, 0.3) is 0 Å². The summed E-state index contributed by atoms with van der Waals surface area (Å²) in [5.41, 5.74) is 1.70. The van der Waals surface area contributed by atoms with E-state index in [0.29, 0.717) is 0 Å². The Morgan fingerprint density at radius 2 is 2.00 bits per heavy atom. The van der Waals surface area contributed by atoms with E-state index in [9.17, 15) is 9.90 Å². The molecule has 0 aliphatic carbocycles. The highest BCUT2D eigenvalue weighted by Gasteiger charge is 2.17. The Labute approximate surface area is 137 Å². The van der Waals surface area contributed by atoms with Gasteiger partial charge in [-0.15, -0.1) is 0 Å². The van der Waals surface area contributed by atoms with E-state index in [-0.39, 0.29) is 23.5 Å². The van der Waals surface area contributed by atoms with Crippen molar-refractivity contribution in [2.24, 2.45) is 0 Å². The third-order valence-electron chi connectivity index (χ3n) is 3.06. The van der Waals surface area contributed by atoms with Crippen LogP contribution in [0, 0.1) is 0 Å². The van der Waals surface area contributed by atoms with E-state index in [0.717, 1.165) is 11.1 Å². The number of phenols is 1. The lowest BCUT2D eigenvalue weighted by Gasteiger charge is -2.19. The van der Waals surface area contributed by atoms with Crippen LogP contribution in [0.25, 0.3) is 0 Å². The van der Waals surface area contributed by atoms with Crippen molar-refractivity contribution in [2.75, 3.05) is 6.61 Å². The fourth-order valence-electron chi connectivity index (χ4n) is 1.71. The Hall–Kier alpha value is -2.49. The lowest BCUT2D eigenvalue weighted by Crippen LogP contribution is -2.13. The summed E-state index contributed by atoms with van der Waals surface area (Å²) in [6.45, 7) is 11.6. The maximum absolute atomic E-state index is 11.7. The van der Waals surface area contributed by atoms with Crippen molar-refractivity contribution in [1.82, 2.24) is 0 Å². The molecule has 0 heterocycles. The molecule has 0 bridgehead atoms. The predicted octanol–water partition coefficient (Wildman–Crippen LogP) is 4.89. The Balaban J connectivity index is 2.63. The Morgan fingerprint density at radius 1 is 1.30 bits per heavy atom. The number of hydrogen-bond acceptors (Lipinski definition) is 4. The molecule has 0 atom stereocenters. The minimum atomic E-state index is -0.857. The second kappa shape index (κ2) is 8.22. The van der Waals surface area contributed by atoms with Crippen LogP contribution in [0.2, 0.25) is 0 Å². The highest BCUT2D eigenvalue weighted by molar-refractivity contribution is 5.65. The van der Waals surface area contributed by atoms with Gasteiger partial charge in [-0.25, -0.2) is 4.79 Å². The molecule has 0 radical (unpaired) electrons. The zero-order valence-electron chi connectivity index (χ0n) is 14.1. The van der Waals surface area contributed by atoms with Gasteiger partial charge in [0, 0.05) is 0 Å². The molecule has 124 valence electrons. The molecule has 0 spiro atoms. The van der Waals surface area contributed by atoms with Gasteiger partial charge in [0.1, 0.15) is 6.61 Å². The number of carbonyl (C=O) groups is 1. The van der Waals surface area contributed by atoms with Gasteiger partial charge in [-0.05, 0) is 35.6 Å². The second-order valence-corrected chi connectivity index (χ2v) is 6.21. The van der Waals surface area contributed by atoms with Gasteiger partial charge < -0.3 is 14.6 Å². The van der Waals surface area contributed by atoms with Crippen molar-refractivity contribution in [3.8, 4) is 11.5 Å².